The summed E-state index contributed by atoms with van der Waals surface area (Å²) < 4.78 is 4.88. The average Bonchev–Trinajstić information content (AvgIpc) is 2.72. The summed E-state index contributed by atoms with van der Waals surface area (Å²) in [6.07, 6.45) is 0.350. The van der Waals surface area contributed by atoms with Crippen LogP contribution in [0.3, 0.4) is 0 Å². The quantitative estimate of drug-likeness (QED) is 0.614. The molecule has 2 amide bonds. The molecule has 21 heavy (non-hydrogen) atoms. The molecule has 1 rings (SSSR count). The maximum atomic E-state index is 12.2. The van der Waals surface area contributed by atoms with Gasteiger partial charge in [-0.3, -0.25) is 9.59 Å². The van der Waals surface area contributed by atoms with Crippen molar-refractivity contribution < 1.29 is 24.2 Å². The monoisotopic (exact) mass is 300 g/mol. The van der Waals surface area contributed by atoms with Crippen LogP contribution in [0, 0.1) is 11.8 Å². The third kappa shape index (κ3) is 5.71. The van der Waals surface area contributed by atoms with E-state index in [4.69, 9.17) is 9.84 Å². The smallest absolute Gasteiger partial charge is 0.405 e. The van der Waals surface area contributed by atoms with Crippen LogP contribution in [0.1, 0.15) is 33.1 Å². The molecule has 120 valence electrons. The summed E-state index contributed by atoms with van der Waals surface area (Å²) >= 11 is 0. The predicted octanol–water partition coefficient (Wildman–Crippen LogP) is 0.781. The average molecular weight is 300 g/mol. The van der Waals surface area contributed by atoms with Crippen LogP contribution in [0.25, 0.3) is 0 Å². The Labute approximate surface area is 124 Å². The number of ketones is 1. The molecule has 1 saturated heterocycles. The first-order valence-electron chi connectivity index (χ1n) is 7.05. The predicted molar refractivity (Wildman–Crippen MR) is 76.0 cm³/mol. The number of ether oxygens (including phenoxy) is 1. The molecule has 0 aromatic carbocycles. The highest BCUT2D eigenvalue weighted by atomic mass is 16.5. The van der Waals surface area contributed by atoms with Crippen LogP contribution in [-0.4, -0.2) is 48.7 Å². The molecule has 1 heterocycles. The Balaban J connectivity index is 2.74. The van der Waals surface area contributed by atoms with Gasteiger partial charge < -0.3 is 20.5 Å². The molecule has 0 radical (unpaired) electrons. The highest BCUT2D eigenvalue weighted by molar-refractivity contribution is 5.85. The molecule has 7 nitrogen and oxygen atoms in total. The molecule has 1 aliphatic rings. The Morgan fingerprint density at radius 1 is 1.52 bits per heavy atom. The third-order valence-corrected chi connectivity index (χ3v) is 3.68. The fourth-order valence-electron chi connectivity index (χ4n) is 2.76. The van der Waals surface area contributed by atoms with Crippen molar-refractivity contribution in [1.82, 2.24) is 10.6 Å². The Morgan fingerprint density at radius 3 is 2.67 bits per heavy atom. The summed E-state index contributed by atoms with van der Waals surface area (Å²) in [6.45, 7) is 4.06. The van der Waals surface area contributed by atoms with E-state index in [0.717, 1.165) is 0 Å². The van der Waals surface area contributed by atoms with Gasteiger partial charge in [0.1, 0.15) is 6.61 Å². The van der Waals surface area contributed by atoms with Crippen molar-refractivity contribution in [2.24, 2.45) is 11.8 Å². The van der Waals surface area contributed by atoms with E-state index in [2.05, 4.69) is 10.6 Å². The second kappa shape index (κ2) is 7.40. The van der Waals surface area contributed by atoms with Gasteiger partial charge in [-0.2, -0.15) is 0 Å². The van der Waals surface area contributed by atoms with E-state index in [1.165, 1.54) is 7.11 Å². The molecule has 0 saturated carbocycles. The SMILES string of the molecule is COCC(=O)[C@@H](C[C@H]1CCNC1=O)CC(C)(C)NC(=O)O. The first-order chi connectivity index (χ1) is 9.75. The minimum atomic E-state index is -1.13. The Hall–Kier alpha value is -1.63. The Kier molecular flexibility index (Phi) is 6.14. The molecule has 0 aliphatic carbocycles. The minimum Gasteiger partial charge on any atom is -0.465 e. The number of nitrogens with one attached hydrogen (secondary N) is 2. The molecular formula is C14H24N2O5. The molecule has 0 aromatic heterocycles. The number of methoxy groups -OCH3 is 1. The summed E-state index contributed by atoms with van der Waals surface area (Å²) in [4.78, 5) is 34.6. The normalized spacial score (nSPS) is 20.0. The lowest BCUT2D eigenvalue weighted by molar-refractivity contribution is -0.129. The maximum absolute atomic E-state index is 12.2. The van der Waals surface area contributed by atoms with Crippen molar-refractivity contribution >= 4 is 17.8 Å². The second-order valence-electron chi connectivity index (χ2n) is 6.13. The van der Waals surface area contributed by atoms with Crippen LogP contribution in [0.5, 0.6) is 0 Å². The van der Waals surface area contributed by atoms with Crippen LogP contribution in [0.15, 0.2) is 0 Å². The topological polar surface area (TPSA) is 105 Å². The molecule has 7 heteroatoms. The van der Waals surface area contributed by atoms with E-state index < -0.39 is 17.6 Å². The number of carbonyl (C=O) groups is 3. The van der Waals surface area contributed by atoms with Gasteiger partial charge in [-0.05, 0) is 33.1 Å². The molecule has 1 fully saturated rings. The van der Waals surface area contributed by atoms with E-state index in [1.54, 1.807) is 13.8 Å². The summed E-state index contributed by atoms with van der Waals surface area (Å²) in [5.41, 5.74) is -0.741. The molecule has 0 bridgehead atoms. The zero-order chi connectivity index (χ0) is 16.0. The lowest BCUT2D eigenvalue weighted by Crippen LogP contribution is -2.45. The Morgan fingerprint density at radius 2 is 2.19 bits per heavy atom. The van der Waals surface area contributed by atoms with Crippen LogP contribution in [0.4, 0.5) is 4.79 Å². The van der Waals surface area contributed by atoms with Gasteiger partial charge in [0.05, 0.1) is 0 Å². The number of hydrogen-bond acceptors (Lipinski definition) is 4. The van der Waals surface area contributed by atoms with Crippen molar-refractivity contribution in [1.29, 1.82) is 0 Å². The summed E-state index contributed by atoms with van der Waals surface area (Å²) in [7, 11) is 1.44. The van der Waals surface area contributed by atoms with Crippen molar-refractivity contribution in [2.45, 2.75) is 38.6 Å². The maximum Gasteiger partial charge on any atom is 0.405 e. The van der Waals surface area contributed by atoms with E-state index in [0.29, 0.717) is 25.8 Å². The largest absolute Gasteiger partial charge is 0.465 e. The molecule has 1 aliphatic heterocycles. The summed E-state index contributed by atoms with van der Waals surface area (Å²) in [6, 6.07) is 0. The highest BCUT2D eigenvalue weighted by Crippen LogP contribution is 2.27. The van der Waals surface area contributed by atoms with E-state index >= 15 is 0 Å². The van der Waals surface area contributed by atoms with Crippen molar-refractivity contribution in [2.75, 3.05) is 20.3 Å². The highest BCUT2D eigenvalue weighted by Gasteiger charge is 2.34. The van der Waals surface area contributed by atoms with Gasteiger partial charge in [0, 0.05) is 31.0 Å². The summed E-state index contributed by atoms with van der Waals surface area (Å²) in [5.74, 6) is -0.719. The fraction of sp³-hybridized carbons (Fsp3) is 0.786. The Bertz CT molecular complexity index is 408. The second-order valence-corrected chi connectivity index (χ2v) is 6.13. The minimum absolute atomic E-state index is 0.0256. The zero-order valence-corrected chi connectivity index (χ0v) is 12.8. The lowest BCUT2D eigenvalue weighted by atomic mass is 9.81. The van der Waals surface area contributed by atoms with E-state index in [9.17, 15) is 14.4 Å². The number of carbonyl (C=O) groups excluding carboxylic acids is 2. The third-order valence-electron chi connectivity index (χ3n) is 3.68. The van der Waals surface area contributed by atoms with Gasteiger partial charge in [-0.25, -0.2) is 4.79 Å². The van der Waals surface area contributed by atoms with Crippen molar-refractivity contribution in [3.05, 3.63) is 0 Å². The van der Waals surface area contributed by atoms with E-state index in [1.807, 2.05) is 0 Å². The van der Waals surface area contributed by atoms with Gasteiger partial charge in [0.25, 0.3) is 0 Å². The molecule has 3 N–H and O–H groups in total. The van der Waals surface area contributed by atoms with Crippen LogP contribution >= 0.6 is 0 Å². The summed E-state index contributed by atoms with van der Waals surface area (Å²) in [5, 5.41) is 14.0. The van der Waals surface area contributed by atoms with Crippen molar-refractivity contribution in [3.8, 4) is 0 Å². The molecule has 0 unspecified atom stereocenters. The molecular weight excluding hydrogens is 276 g/mol. The van der Waals surface area contributed by atoms with Gasteiger partial charge in [-0.1, -0.05) is 0 Å². The van der Waals surface area contributed by atoms with E-state index in [-0.39, 0.29) is 24.2 Å². The first kappa shape index (κ1) is 17.4. The fourth-order valence-corrected chi connectivity index (χ4v) is 2.76. The number of carboxylic acid groups (broad SMARTS) is 1. The molecule has 0 spiro atoms. The van der Waals surface area contributed by atoms with Crippen LogP contribution in [0.2, 0.25) is 0 Å². The zero-order valence-electron chi connectivity index (χ0n) is 12.8. The number of rotatable bonds is 8. The first-order valence-corrected chi connectivity index (χ1v) is 7.05. The molecule has 2 atom stereocenters. The van der Waals surface area contributed by atoms with Crippen molar-refractivity contribution in [3.63, 3.8) is 0 Å². The van der Waals surface area contributed by atoms with Gasteiger partial charge in [0.15, 0.2) is 5.78 Å². The van der Waals surface area contributed by atoms with Gasteiger partial charge >= 0.3 is 6.09 Å². The number of hydrogen-bond donors (Lipinski definition) is 3. The van der Waals surface area contributed by atoms with Gasteiger partial charge in [0.2, 0.25) is 5.91 Å². The molecule has 0 aromatic rings. The van der Waals surface area contributed by atoms with Gasteiger partial charge in [-0.15, -0.1) is 0 Å². The standard InChI is InChI=1S/C14H24N2O5/c1-14(2,16-13(19)20)7-10(11(17)8-21-3)6-9-4-5-15-12(9)18/h9-10,16H,4-8H2,1-3H3,(H,15,18)(H,19,20)/t9-,10+/m1/s1. The number of Topliss-reactive ketones (excluding diaryl/α,β-unsaturated/α-hetero) is 1. The lowest BCUT2D eigenvalue weighted by Gasteiger charge is -2.29. The van der Waals surface area contributed by atoms with Crippen LogP contribution in [-0.2, 0) is 14.3 Å². The van der Waals surface area contributed by atoms with Crippen LogP contribution < -0.4 is 10.6 Å². The number of amides is 2.